The summed E-state index contributed by atoms with van der Waals surface area (Å²) in [5.41, 5.74) is 3.82. The number of anilines is 2. The van der Waals surface area contributed by atoms with Crippen LogP contribution >= 0.6 is 0 Å². The molecule has 0 fully saturated rings. The molecule has 1 N–H and O–H groups in total. The number of amides is 1. The Balaban J connectivity index is 1.40. The van der Waals surface area contributed by atoms with Gasteiger partial charge in [0.15, 0.2) is 0 Å². The standard InChI is InChI=1S/C27H25F3N6O/c1-17-11-36(24-9-31-15-32-10-24)14-21-7-20(3-4-25(17)21)26(37)34-23-6-19(5-22(8-23)27(28,29)30)13-35-12-18(2)33-16-35/h3-10,12,15-17H,11,13-14H2,1-2H3,(H,34,37). The van der Waals surface area contributed by atoms with Gasteiger partial charge in [0.05, 0.1) is 35.7 Å². The van der Waals surface area contributed by atoms with Gasteiger partial charge in [0.2, 0.25) is 0 Å². The van der Waals surface area contributed by atoms with Gasteiger partial charge in [-0.25, -0.2) is 15.0 Å². The largest absolute Gasteiger partial charge is 0.416 e. The number of imidazole rings is 1. The van der Waals surface area contributed by atoms with Crippen LogP contribution in [0.4, 0.5) is 24.5 Å². The molecule has 0 aliphatic carbocycles. The van der Waals surface area contributed by atoms with Gasteiger partial charge in [0.25, 0.3) is 5.91 Å². The molecule has 1 unspecified atom stereocenters. The highest BCUT2D eigenvalue weighted by atomic mass is 19.4. The number of hydrogen-bond donors (Lipinski definition) is 1. The monoisotopic (exact) mass is 506 g/mol. The lowest BCUT2D eigenvalue weighted by Crippen LogP contribution is -2.33. The first-order chi connectivity index (χ1) is 17.7. The number of carbonyl (C=O) groups excluding carboxylic acids is 1. The lowest BCUT2D eigenvalue weighted by atomic mass is 9.89. The topological polar surface area (TPSA) is 75.9 Å². The Kier molecular flexibility index (Phi) is 6.41. The van der Waals surface area contributed by atoms with E-state index in [0.29, 0.717) is 17.7 Å². The summed E-state index contributed by atoms with van der Waals surface area (Å²) in [5, 5.41) is 2.67. The first-order valence-corrected chi connectivity index (χ1v) is 11.8. The molecule has 0 bridgehead atoms. The van der Waals surface area contributed by atoms with Crippen molar-refractivity contribution in [2.24, 2.45) is 0 Å². The number of aromatic nitrogens is 4. The zero-order chi connectivity index (χ0) is 26.2. The van der Waals surface area contributed by atoms with Crippen molar-refractivity contribution >= 4 is 17.3 Å². The maximum absolute atomic E-state index is 13.6. The van der Waals surface area contributed by atoms with Crippen molar-refractivity contribution in [1.29, 1.82) is 0 Å². The molecule has 1 aliphatic rings. The van der Waals surface area contributed by atoms with Crippen LogP contribution in [0.3, 0.4) is 0 Å². The van der Waals surface area contributed by atoms with E-state index in [-0.39, 0.29) is 18.2 Å². The Labute approximate surface area is 212 Å². The van der Waals surface area contributed by atoms with Crippen LogP contribution in [0.25, 0.3) is 0 Å². The fourth-order valence-electron chi connectivity index (χ4n) is 4.71. The number of carbonyl (C=O) groups is 1. The van der Waals surface area contributed by atoms with Crippen LogP contribution < -0.4 is 10.2 Å². The van der Waals surface area contributed by atoms with Crippen LogP contribution in [0.5, 0.6) is 0 Å². The molecule has 7 nitrogen and oxygen atoms in total. The van der Waals surface area contributed by atoms with Crippen molar-refractivity contribution in [3.8, 4) is 0 Å². The van der Waals surface area contributed by atoms with Crippen molar-refractivity contribution < 1.29 is 18.0 Å². The van der Waals surface area contributed by atoms with Crippen LogP contribution in [0.1, 0.15) is 51.1 Å². The molecule has 0 saturated carbocycles. The van der Waals surface area contributed by atoms with Gasteiger partial charge in [-0.2, -0.15) is 13.2 Å². The van der Waals surface area contributed by atoms with Gasteiger partial charge in [0.1, 0.15) is 6.33 Å². The Bertz CT molecular complexity index is 1430. The molecule has 1 aliphatic heterocycles. The Hall–Kier alpha value is -4.21. The summed E-state index contributed by atoms with van der Waals surface area (Å²) in [6, 6.07) is 9.05. The quantitative estimate of drug-likeness (QED) is 0.391. The summed E-state index contributed by atoms with van der Waals surface area (Å²) in [4.78, 5) is 27.6. The van der Waals surface area contributed by atoms with Gasteiger partial charge >= 0.3 is 6.18 Å². The zero-order valence-corrected chi connectivity index (χ0v) is 20.3. The highest BCUT2D eigenvalue weighted by molar-refractivity contribution is 6.04. The second-order valence-electron chi connectivity index (χ2n) is 9.35. The number of halogens is 3. The van der Waals surface area contributed by atoms with E-state index in [2.05, 4.69) is 32.1 Å². The molecule has 190 valence electrons. The van der Waals surface area contributed by atoms with E-state index in [1.807, 2.05) is 6.07 Å². The molecule has 5 rings (SSSR count). The molecule has 4 aromatic rings. The summed E-state index contributed by atoms with van der Waals surface area (Å²) < 4.78 is 42.5. The maximum atomic E-state index is 13.6. The van der Waals surface area contributed by atoms with Crippen LogP contribution in [-0.2, 0) is 19.3 Å². The number of nitrogens with one attached hydrogen (secondary N) is 1. The number of benzene rings is 2. The molecule has 37 heavy (non-hydrogen) atoms. The van der Waals surface area contributed by atoms with Gasteiger partial charge in [-0.05, 0) is 59.9 Å². The minimum atomic E-state index is -4.55. The normalized spacial score (nSPS) is 15.4. The molecule has 0 radical (unpaired) electrons. The number of rotatable bonds is 5. The average molecular weight is 507 g/mol. The average Bonchev–Trinajstić information content (AvgIpc) is 3.27. The van der Waals surface area contributed by atoms with E-state index in [1.54, 1.807) is 54.6 Å². The second-order valence-corrected chi connectivity index (χ2v) is 9.35. The third kappa shape index (κ3) is 5.47. The van der Waals surface area contributed by atoms with E-state index < -0.39 is 17.6 Å². The lowest BCUT2D eigenvalue weighted by Gasteiger charge is -2.34. The molecular formula is C27H25F3N6O. The number of fused-ring (bicyclic) bond motifs is 1. The van der Waals surface area contributed by atoms with Crippen molar-refractivity contribution in [1.82, 2.24) is 19.5 Å². The SMILES string of the molecule is Cc1cn(Cc2cc(NC(=O)c3ccc4c(c3)CN(c3cncnc3)CC4C)cc(C(F)(F)F)c2)cn1. The van der Waals surface area contributed by atoms with E-state index in [4.69, 9.17) is 0 Å². The first-order valence-electron chi connectivity index (χ1n) is 11.8. The number of alkyl halides is 3. The number of hydrogen-bond acceptors (Lipinski definition) is 5. The summed E-state index contributed by atoms with van der Waals surface area (Å²) in [6.07, 6.45) is 3.73. The molecule has 1 amide bonds. The van der Waals surface area contributed by atoms with Crippen molar-refractivity contribution in [3.63, 3.8) is 0 Å². The molecular weight excluding hydrogens is 481 g/mol. The fourth-order valence-corrected chi connectivity index (χ4v) is 4.71. The molecule has 1 atom stereocenters. The third-order valence-corrected chi connectivity index (χ3v) is 6.41. The Morgan fingerprint density at radius 1 is 1.14 bits per heavy atom. The number of aryl methyl sites for hydroxylation is 1. The lowest BCUT2D eigenvalue weighted by molar-refractivity contribution is -0.137. The Morgan fingerprint density at radius 3 is 2.62 bits per heavy atom. The van der Waals surface area contributed by atoms with Crippen LogP contribution in [0.2, 0.25) is 0 Å². The zero-order valence-electron chi connectivity index (χ0n) is 20.3. The molecule has 2 aromatic heterocycles. The van der Waals surface area contributed by atoms with Gasteiger partial charge in [-0.3, -0.25) is 4.79 Å². The van der Waals surface area contributed by atoms with Crippen molar-refractivity contribution in [2.45, 2.75) is 39.0 Å². The first kappa shape index (κ1) is 24.5. The van der Waals surface area contributed by atoms with Gasteiger partial charge in [0, 0.05) is 37.1 Å². The predicted octanol–water partition coefficient (Wildman–Crippen LogP) is 5.42. The van der Waals surface area contributed by atoms with E-state index in [9.17, 15) is 18.0 Å². The van der Waals surface area contributed by atoms with Crippen LogP contribution in [0.15, 0.2) is 67.6 Å². The molecule has 2 aromatic carbocycles. The van der Waals surface area contributed by atoms with Crippen molar-refractivity contribution in [3.05, 3.63) is 101 Å². The summed E-state index contributed by atoms with van der Waals surface area (Å²) in [6.45, 7) is 5.48. The van der Waals surface area contributed by atoms with Gasteiger partial charge < -0.3 is 14.8 Å². The van der Waals surface area contributed by atoms with Gasteiger partial charge in [-0.15, -0.1) is 0 Å². The maximum Gasteiger partial charge on any atom is 0.416 e. The minimum Gasteiger partial charge on any atom is -0.364 e. The smallest absolute Gasteiger partial charge is 0.364 e. The summed E-state index contributed by atoms with van der Waals surface area (Å²) in [7, 11) is 0. The fraction of sp³-hybridized carbons (Fsp3) is 0.259. The van der Waals surface area contributed by atoms with E-state index in [1.165, 1.54) is 6.33 Å². The third-order valence-electron chi connectivity index (χ3n) is 6.41. The summed E-state index contributed by atoms with van der Waals surface area (Å²) in [5.74, 6) is -0.252. The van der Waals surface area contributed by atoms with Crippen molar-refractivity contribution in [2.75, 3.05) is 16.8 Å². The molecule has 0 saturated heterocycles. The molecule has 10 heteroatoms. The molecule has 0 spiro atoms. The van der Waals surface area contributed by atoms with Crippen LogP contribution in [-0.4, -0.2) is 32.0 Å². The Morgan fingerprint density at radius 2 is 1.92 bits per heavy atom. The minimum absolute atomic E-state index is 0.0841. The predicted molar refractivity (Wildman–Crippen MR) is 133 cm³/mol. The van der Waals surface area contributed by atoms with Gasteiger partial charge in [-0.1, -0.05) is 13.0 Å². The highest BCUT2D eigenvalue weighted by Gasteiger charge is 2.31. The highest BCUT2D eigenvalue weighted by Crippen LogP contribution is 2.34. The summed E-state index contributed by atoms with van der Waals surface area (Å²) >= 11 is 0. The molecule has 3 heterocycles. The number of nitrogens with zero attached hydrogens (tertiary/aromatic N) is 5. The van der Waals surface area contributed by atoms with E-state index in [0.717, 1.165) is 41.2 Å². The van der Waals surface area contributed by atoms with Crippen LogP contribution in [0, 0.1) is 6.92 Å². The van der Waals surface area contributed by atoms with E-state index >= 15 is 0 Å². The second kappa shape index (κ2) is 9.68.